The molecule has 2 atom stereocenters. The van der Waals surface area contributed by atoms with Gasteiger partial charge in [-0.1, -0.05) is 6.92 Å². The second-order valence-corrected chi connectivity index (χ2v) is 4.17. The molecule has 0 bridgehead atoms. The normalized spacial score (nSPS) is 15.4. The maximum absolute atomic E-state index is 6.10. The summed E-state index contributed by atoms with van der Waals surface area (Å²) in [4.78, 5) is 0. The molecule has 0 fully saturated rings. The van der Waals surface area contributed by atoms with Gasteiger partial charge in [0.2, 0.25) is 0 Å². The summed E-state index contributed by atoms with van der Waals surface area (Å²) < 4.78 is 1.43. The first-order chi connectivity index (χ1) is 7.22. The molecule has 2 aromatic heterocycles. The van der Waals surface area contributed by atoms with E-state index >= 15 is 0 Å². The highest BCUT2D eigenvalue weighted by Crippen LogP contribution is 2.24. The largest absolute Gasteiger partial charge is 0.199 e. The fourth-order valence-electron chi connectivity index (χ4n) is 1.63. The summed E-state index contributed by atoms with van der Waals surface area (Å²) in [6, 6.07) is 3.78. The van der Waals surface area contributed by atoms with Crippen molar-refractivity contribution in [3.05, 3.63) is 17.8 Å². The first-order valence-electron chi connectivity index (χ1n) is 4.91. The van der Waals surface area contributed by atoms with Crippen molar-refractivity contribution < 1.29 is 0 Å². The van der Waals surface area contributed by atoms with Crippen LogP contribution in [0.4, 0.5) is 0 Å². The maximum Gasteiger partial charge on any atom is 0.199 e. The third kappa shape index (κ3) is 1.92. The molecule has 2 rings (SSSR count). The minimum absolute atomic E-state index is 0.0523. The van der Waals surface area contributed by atoms with Crippen molar-refractivity contribution in [1.29, 1.82) is 0 Å². The molecule has 0 saturated carbocycles. The van der Waals surface area contributed by atoms with Crippen molar-refractivity contribution in [3.8, 4) is 0 Å². The Bertz CT molecular complexity index is 452. The van der Waals surface area contributed by atoms with Gasteiger partial charge in [0.1, 0.15) is 0 Å². The van der Waals surface area contributed by atoms with Crippen molar-refractivity contribution in [1.82, 2.24) is 25.3 Å². The number of hydrogen-bond donors (Lipinski definition) is 0. The first kappa shape index (κ1) is 10.3. The van der Waals surface area contributed by atoms with E-state index in [1.807, 2.05) is 19.1 Å². The van der Waals surface area contributed by atoms with Crippen LogP contribution in [0, 0.1) is 0 Å². The van der Waals surface area contributed by atoms with Crippen LogP contribution in [0.25, 0.3) is 5.65 Å². The molecule has 0 amide bonds. The minimum Gasteiger partial charge on any atom is -0.152 e. The Labute approximate surface area is 92.4 Å². The SMILES string of the molecule is CCC(c1ccc2nnnn2n1)C(C)Cl. The van der Waals surface area contributed by atoms with Gasteiger partial charge < -0.3 is 0 Å². The fraction of sp³-hybridized carbons (Fsp3) is 0.556. The number of fused-ring (bicyclic) bond motifs is 1. The second-order valence-electron chi connectivity index (χ2n) is 3.48. The smallest absolute Gasteiger partial charge is 0.152 e. The number of nitrogens with zero attached hydrogens (tertiary/aromatic N) is 5. The van der Waals surface area contributed by atoms with E-state index in [0.29, 0.717) is 5.65 Å². The van der Waals surface area contributed by atoms with E-state index in [-0.39, 0.29) is 11.3 Å². The Balaban J connectivity index is 2.41. The van der Waals surface area contributed by atoms with Crippen molar-refractivity contribution >= 4 is 17.2 Å². The standard InChI is InChI=1S/C9H12ClN5/c1-3-7(6(2)10)8-4-5-9-11-13-14-15(9)12-8/h4-7H,3H2,1-2H3. The van der Waals surface area contributed by atoms with Crippen LogP contribution in [0.5, 0.6) is 0 Å². The lowest BCUT2D eigenvalue weighted by Crippen LogP contribution is -2.12. The number of hydrogen-bond acceptors (Lipinski definition) is 4. The molecule has 0 aliphatic rings. The Morgan fingerprint density at radius 1 is 1.47 bits per heavy atom. The van der Waals surface area contributed by atoms with Crippen LogP contribution in [-0.2, 0) is 0 Å². The molecule has 2 heterocycles. The number of aromatic nitrogens is 5. The molecule has 5 nitrogen and oxygen atoms in total. The Morgan fingerprint density at radius 2 is 2.27 bits per heavy atom. The van der Waals surface area contributed by atoms with Gasteiger partial charge in [0.05, 0.1) is 5.69 Å². The second kappa shape index (κ2) is 4.10. The zero-order valence-electron chi connectivity index (χ0n) is 8.63. The average molecular weight is 226 g/mol. The number of alkyl halides is 1. The summed E-state index contributed by atoms with van der Waals surface area (Å²) in [6.07, 6.45) is 0.950. The third-order valence-corrected chi connectivity index (χ3v) is 2.77. The highest BCUT2D eigenvalue weighted by molar-refractivity contribution is 6.20. The minimum atomic E-state index is 0.0523. The summed E-state index contributed by atoms with van der Waals surface area (Å²) in [5.41, 5.74) is 1.58. The lowest BCUT2D eigenvalue weighted by atomic mass is 9.99. The van der Waals surface area contributed by atoms with Crippen LogP contribution in [0.1, 0.15) is 31.9 Å². The van der Waals surface area contributed by atoms with E-state index in [9.17, 15) is 0 Å². The van der Waals surface area contributed by atoms with Crippen molar-refractivity contribution in [2.45, 2.75) is 31.6 Å². The molecule has 0 radical (unpaired) electrons. The average Bonchev–Trinajstić information content (AvgIpc) is 2.65. The number of rotatable bonds is 3. The summed E-state index contributed by atoms with van der Waals surface area (Å²) in [7, 11) is 0. The third-order valence-electron chi connectivity index (χ3n) is 2.46. The number of halogens is 1. The van der Waals surface area contributed by atoms with Gasteiger partial charge in [0.25, 0.3) is 0 Å². The van der Waals surface area contributed by atoms with Crippen LogP contribution in [0.2, 0.25) is 0 Å². The Morgan fingerprint density at radius 3 is 2.93 bits per heavy atom. The molecule has 0 N–H and O–H groups in total. The van der Waals surface area contributed by atoms with Crippen molar-refractivity contribution in [3.63, 3.8) is 0 Å². The zero-order chi connectivity index (χ0) is 10.8. The van der Waals surface area contributed by atoms with Gasteiger partial charge in [-0.3, -0.25) is 0 Å². The summed E-state index contributed by atoms with van der Waals surface area (Å²) in [6.45, 7) is 4.07. The molecule has 2 unspecified atom stereocenters. The zero-order valence-corrected chi connectivity index (χ0v) is 9.39. The first-order valence-corrected chi connectivity index (χ1v) is 5.35. The molecule has 15 heavy (non-hydrogen) atoms. The van der Waals surface area contributed by atoms with Gasteiger partial charge >= 0.3 is 0 Å². The van der Waals surface area contributed by atoms with Crippen LogP contribution in [0.15, 0.2) is 12.1 Å². The van der Waals surface area contributed by atoms with Gasteiger partial charge in [-0.15, -0.1) is 21.3 Å². The molecule has 0 saturated heterocycles. The molecular weight excluding hydrogens is 214 g/mol. The van der Waals surface area contributed by atoms with E-state index in [4.69, 9.17) is 11.6 Å². The maximum atomic E-state index is 6.10. The van der Waals surface area contributed by atoms with Gasteiger partial charge in [0.15, 0.2) is 5.65 Å². The summed E-state index contributed by atoms with van der Waals surface area (Å²) in [5.74, 6) is 0.236. The fourth-order valence-corrected chi connectivity index (χ4v) is 1.94. The molecule has 2 aromatic rings. The van der Waals surface area contributed by atoms with E-state index in [2.05, 4.69) is 27.5 Å². The molecule has 0 aromatic carbocycles. The number of tetrazole rings is 1. The predicted octanol–water partition coefficient (Wildman–Crippen LogP) is 1.64. The Hall–Kier alpha value is -1.23. The monoisotopic (exact) mass is 225 g/mol. The molecule has 0 spiro atoms. The van der Waals surface area contributed by atoms with E-state index in [1.54, 1.807) is 0 Å². The van der Waals surface area contributed by atoms with Crippen LogP contribution >= 0.6 is 11.6 Å². The van der Waals surface area contributed by atoms with E-state index in [0.717, 1.165) is 12.1 Å². The molecule has 0 aliphatic carbocycles. The van der Waals surface area contributed by atoms with Gasteiger partial charge in [-0.05, 0) is 35.9 Å². The van der Waals surface area contributed by atoms with Crippen LogP contribution in [-0.4, -0.2) is 30.6 Å². The van der Waals surface area contributed by atoms with E-state index in [1.165, 1.54) is 4.63 Å². The quantitative estimate of drug-likeness (QED) is 0.746. The molecule has 0 aliphatic heterocycles. The van der Waals surface area contributed by atoms with E-state index < -0.39 is 0 Å². The molecular formula is C9H12ClN5. The molecule has 6 heteroatoms. The highest BCUT2D eigenvalue weighted by Gasteiger charge is 2.17. The lowest BCUT2D eigenvalue weighted by molar-refractivity contribution is 0.598. The van der Waals surface area contributed by atoms with Crippen molar-refractivity contribution in [2.24, 2.45) is 0 Å². The lowest BCUT2D eigenvalue weighted by Gasteiger charge is -2.15. The van der Waals surface area contributed by atoms with Crippen LogP contribution in [0.3, 0.4) is 0 Å². The van der Waals surface area contributed by atoms with Gasteiger partial charge in [-0.2, -0.15) is 5.10 Å². The van der Waals surface area contributed by atoms with Crippen molar-refractivity contribution in [2.75, 3.05) is 0 Å². The Kier molecular flexibility index (Phi) is 2.81. The van der Waals surface area contributed by atoms with Crippen LogP contribution < -0.4 is 0 Å². The summed E-state index contributed by atoms with van der Waals surface area (Å²) in [5, 5.41) is 15.5. The predicted molar refractivity (Wildman–Crippen MR) is 56.9 cm³/mol. The highest BCUT2D eigenvalue weighted by atomic mass is 35.5. The van der Waals surface area contributed by atoms with Gasteiger partial charge in [-0.25, -0.2) is 0 Å². The topological polar surface area (TPSA) is 56.0 Å². The van der Waals surface area contributed by atoms with Gasteiger partial charge in [0, 0.05) is 11.3 Å². The summed E-state index contributed by atoms with van der Waals surface area (Å²) >= 11 is 6.10. The molecule has 80 valence electrons.